The summed E-state index contributed by atoms with van der Waals surface area (Å²) >= 11 is 0. The molecule has 0 fully saturated rings. The molecule has 0 aliphatic heterocycles. The molecule has 118 valence electrons. The van der Waals surface area contributed by atoms with E-state index in [0.717, 1.165) is 51.6 Å². The molecule has 0 unspecified atom stereocenters. The van der Waals surface area contributed by atoms with Crippen molar-refractivity contribution in [2.24, 2.45) is 0 Å². The van der Waals surface area contributed by atoms with Gasteiger partial charge >= 0.3 is 0 Å². The van der Waals surface area contributed by atoms with Crippen LogP contribution in [0.25, 0.3) is 0 Å². The third-order valence-corrected chi connectivity index (χ3v) is 2.80. The first-order valence-electron chi connectivity index (χ1n) is 7.22. The summed E-state index contributed by atoms with van der Waals surface area (Å²) in [5.41, 5.74) is 0. The highest BCUT2D eigenvalue weighted by molar-refractivity contribution is 5.77. The number of carbonyl (C=O) groups is 2. The Kier molecular flexibility index (Phi) is 13.5. The number of carbonyl (C=O) groups excluding carboxylic acids is 2. The summed E-state index contributed by atoms with van der Waals surface area (Å²) in [6.45, 7) is 1.70. The Morgan fingerprint density at radius 1 is 0.700 bits per heavy atom. The lowest BCUT2D eigenvalue weighted by Gasteiger charge is -2.05. The van der Waals surface area contributed by atoms with Gasteiger partial charge < -0.3 is 20.1 Å². The van der Waals surface area contributed by atoms with Gasteiger partial charge in [0.25, 0.3) is 0 Å². The van der Waals surface area contributed by atoms with Crippen molar-refractivity contribution in [1.82, 2.24) is 10.6 Å². The Morgan fingerprint density at radius 3 is 1.40 bits per heavy atom. The molecule has 0 saturated carbocycles. The van der Waals surface area contributed by atoms with Gasteiger partial charge in [0.1, 0.15) is 13.2 Å². The first-order chi connectivity index (χ1) is 9.70. The molecule has 2 N–H and O–H groups in total. The largest absolute Gasteiger partial charge is 0.375 e. The van der Waals surface area contributed by atoms with Crippen molar-refractivity contribution in [2.45, 2.75) is 38.5 Å². The molecule has 0 atom stereocenters. The molecule has 2 amide bonds. The zero-order chi connectivity index (χ0) is 15.1. The van der Waals surface area contributed by atoms with E-state index in [9.17, 15) is 9.59 Å². The molecule has 6 nitrogen and oxygen atoms in total. The van der Waals surface area contributed by atoms with Crippen LogP contribution >= 0.6 is 0 Å². The normalized spacial score (nSPS) is 10.3. The van der Waals surface area contributed by atoms with Crippen LogP contribution in [0.15, 0.2) is 0 Å². The van der Waals surface area contributed by atoms with Crippen LogP contribution in [0.3, 0.4) is 0 Å². The molecule has 0 aliphatic carbocycles. The fourth-order valence-corrected chi connectivity index (χ4v) is 1.78. The molecular weight excluding hydrogens is 260 g/mol. The minimum Gasteiger partial charge on any atom is -0.375 e. The van der Waals surface area contributed by atoms with Crippen LogP contribution in [0, 0.1) is 0 Å². The van der Waals surface area contributed by atoms with E-state index in [-0.39, 0.29) is 25.0 Å². The van der Waals surface area contributed by atoms with Crippen molar-refractivity contribution >= 4 is 11.8 Å². The summed E-state index contributed by atoms with van der Waals surface area (Å²) in [4.78, 5) is 22.1. The Bertz CT molecular complexity index is 234. The monoisotopic (exact) mass is 288 g/mol. The standard InChI is InChI=1S/C14H28N2O4/c1-19-11-13(17)15-9-7-5-3-4-6-8-10-16-14(18)12-20-2/h3-12H2,1-2H3,(H,15,17)(H,16,18). The molecular formula is C14H28N2O4. The Hall–Kier alpha value is -1.14. The molecule has 0 aromatic carbocycles. The average molecular weight is 288 g/mol. The van der Waals surface area contributed by atoms with Gasteiger partial charge in [0.2, 0.25) is 11.8 Å². The van der Waals surface area contributed by atoms with Gasteiger partial charge in [-0.25, -0.2) is 0 Å². The SMILES string of the molecule is COCC(=O)NCCCCCCCCNC(=O)COC. The third kappa shape index (κ3) is 13.3. The number of ether oxygens (including phenoxy) is 2. The van der Waals surface area contributed by atoms with Crippen molar-refractivity contribution in [1.29, 1.82) is 0 Å². The zero-order valence-corrected chi connectivity index (χ0v) is 12.7. The number of amides is 2. The molecule has 6 heteroatoms. The predicted molar refractivity (Wildman–Crippen MR) is 77.5 cm³/mol. The number of unbranched alkanes of at least 4 members (excludes halogenated alkanes) is 5. The summed E-state index contributed by atoms with van der Waals surface area (Å²) < 4.78 is 9.44. The van der Waals surface area contributed by atoms with Gasteiger partial charge in [-0.05, 0) is 12.8 Å². The van der Waals surface area contributed by atoms with Crippen LogP contribution in [-0.2, 0) is 19.1 Å². The second kappa shape index (κ2) is 14.3. The summed E-state index contributed by atoms with van der Waals surface area (Å²) in [6.07, 6.45) is 6.55. The van der Waals surface area contributed by atoms with E-state index < -0.39 is 0 Å². The van der Waals surface area contributed by atoms with Gasteiger partial charge in [-0.2, -0.15) is 0 Å². The molecule has 20 heavy (non-hydrogen) atoms. The maximum Gasteiger partial charge on any atom is 0.245 e. The van der Waals surface area contributed by atoms with Gasteiger partial charge in [-0.3, -0.25) is 9.59 Å². The highest BCUT2D eigenvalue weighted by Gasteiger charge is 1.99. The number of hydrogen-bond acceptors (Lipinski definition) is 4. The lowest BCUT2D eigenvalue weighted by Crippen LogP contribution is -2.28. The van der Waals surface area contributed by atoms with E-state index in [2.05, 4.69) is 10.6 Å². The first-order valence-corrected chi connectivity index (χ1v) is 7.22. The summed E-state index contributed by atoms with van der Waals surface area (Å²) in [6, 6.07) is 0. The second-order valence-electron chi connectivity index (χ2n) is 4.69. The van der Waals surface area contributed by atoms with Crippen molar-refractivity contribution in [3.63, 3.8) is 0 Å². The molecule has 0 radical (unpaired) electrons. The molecule has 0 rings (SSSR count). The Balaban J connectivity index is 3.13. The summed E-state index contributed by atoms with van der Waals surface area (Å²) in [5.74, 6) is -0.112. The first kappa shape index (κ1) is 18.9. The van der Waals surface area contributed by atoms with E-state index in [1.807, 2.05) is 0 Å². The van der Waals surface area contributed by atoms with Crippen molar-refractivity contribution in [3.8, 4) is 0 Å². The molecule has 0 heterocycles. The van der Waals surface area contributed by atoms with Crippen LogP contribution in [0.4, 0.5) is 0 Å². The van der Waals surface area contributed by atoms with Crippen molar-refractivity contribution in [3.05, 3.63) is 0 Å². The van der Waals surface area contributed by atoms with Gasteiger partial charge in [0.15, 0.2) is 0 Å². The maximum absolute atomic E-state index is 11.1. The van der Waals surface area contributed by atoms with Crippen LogP contribution in [0.5, 0.6) is 0 Å². The molecule has 0 aromatic heterocycles. The topological polar surface area (TPSA) is 76.7 Å². The maximum atomic E-state index is 11.1. The smallest absolute Gasteiger partial charge is 0.245 e. The van der Waals surface area contributed by atoms with E-state index in [1.165, 1.54) is 14.2 Å². The zero-order valence-electron chi connectivity index (χ0n) is 12.7. The number of hydrogen-bond donors (Lipinski definition) is 2. The second-order valence-corrected chi connectivity index (χ2v) is 4.69. The van der Waals surface area contributed by atoms with Gasteiger partial charge in [0, 0.05) is 27.3 Å². The quantitative estimate of drug-likeness (QED) is 0.493. The minimum absolute atomic E-state index is 0.0562. The van der Waals surface area contributed by atoms with Crippen molar-refractivity contribution in [2.75, 3.05) is 40.5 Å². The van der Waals surface area contributed by atoms with E-state index in [1.54, 1.807) is 0 Å². The van der Waals surface area contributed by atoms with Gasteiger partial charge in [-0.1, -0.05) is 25.7 Å². The fraction of sp³-hybridized carbons (Fsp3) is 0.857. The third-order valence-electron chi connectivity index (χ3n) is 2.80. The molecule has 0 spiro atoms. The summed E-state index contributed by atoms with van der Waals surface area (Å²) in [7, 11) is 3.02. The molecule has 0 saturated heterocycles. The highest BCUT2D eigenvalue weighted by atomic mass is 16.5. The summed E-state index contributed by atoms with van der Waals surface area (Å²) in [5, 5.41) is 5.59. The lowest BCUT2D eigenvalue weighted by atomic mass is 10.1. The van der Waals surface area contributed by atoms with E-state index in [0.29, 0.717) is 0 Å². The Labute approximate surface area is 121 Å². The van der Waals surface area contributed by atoms with Crippen LogP contribution in [0.1, 0.15) is 38.5 Å². The molecule has 0 bridgehead atoms. The molecule has 0 aliphatic rings. The molecule has 0 aromatic rings. The number of nitrogens with one attached hydrogen (secondary N) is 2. The number of methoxy groups -OCH3 is 2. The highest BCUT2D eigenvalue weighted by Crippen LogP contribution is 2.04. The van der Waals surface area contributed by atoms with Crippen LogP contribution in [0.2, 0.25) is 0 Å². The lowest BCUT2D eigenvalue weighted by molar-refractivity contribution is -0.125. The van der Waals surface area contributed by atoms with Crippen LogP contribution in [-0.4, -0.2) is 52.3 Å². The van der Waals surface area contributed by atoms with Gasteiger partial charge in [0.05, 0.1) is 0 Å². The fourth-order valence-electron chi connectivity index (χ4n) is 1.78. The van der Waals surface area contributed by atoms with E-state index >= 15 is 0 Å². The minimum atomic E-state index is -0.0562. The van der Waals surface area contributed by atoms with Crippen LogP contribution < -0.4 is 10.6 Å². The Morgan fingerprint density at radius 2 is 1.05 bits per heavy atom. The van der Waals surface area contributed by atoms with Crippen molar-refractivity contribution < 1.29 is 19.1 Å². The average Bonchev–Trinajstić information content (AvgIpc) is 2.41. The predicted octanol–water partition coefficient (Wildman–Crippen LogP) is 0.852. The van der Waals surface area contributed by atoms with E-state index in [4.69, 9.17) is 9.47 Å². The number of rotatable bonds is 13. The van der Waals surface area contributed by atoms with Gasteiger partial charge in [-0.15, -0.1) is 0 Å².